The molecule has 1 heterocycles. The number of amides is 1. The van der Waals surface area contributed by atoms with Gasteiger partial charge in [-0.15, -0.1) is 0 Å². The monoisotopic (exact) mass is 325 g/mol. The summed E-state index contributed by atoms with van der Waals surface area (Å²) < 4.78 is 22.9. The first-order valence-corrected chi connectivity index (χ1v) is 7.76. The maximum Gasteiger partial charge on any atom is 0.274 e. The number of hydrogen-bond donors (Lipinski definition) is 2. The van der Waals surface area contributed by atoms with Gasteiger partial charge in [0.25, 0.3) is 5.91 Å². The van der Waals surface area contributed by atoms with Crippen LogP contribution in [-0.2, 0) is 10.0 Å². The maximum absolute atomic E-state index is 12.0. The molecule has 0 atom stereocenters. The highest BCUT2D eigenvalue weighted by Crippen LogP contribution is 2.19. The highest BCUT2D eigenvalue weighted by Gasteiger charge is 2.14. The van der Waals surface area contributed by atoms with Crippen molar-refractivity contribution in [3.8, 4) is 0 Å². The van der Waals surface area contributed by atoms with Crippen molar-refractivity contribution < 1.29 is 13.2 Å². The lowest BCUT2D eigenvalue weighted by Crippen LogP contribution is -2.16. The summed E-state index contributed by atoms with van der Waals surface area (Å²) in [6.45, 7) is 1.62. The Morgan fingerprint density at radius 3 is 2.57 bits per heavy atom. The molecule has 0 aliphatic heterocycles. The quantitative estimate of drug-likeness (QED) is 0.900. The van der Waals surface area contributed by atoms with Crippen LogP contribution in [0.2, 0.25) is 5.02 Å². The van der Waals surface area contributed by atoms with Crippen molar-refractivity contribution in [1.82, 2.24) is 4.98 Å². The minimum absolute atomic E-state index is 0.0376. The number of aromatic nitrogens is 1. The van der Waals surface area contributed by atoms with Crippen LogP contribution >= 0.6 is 11.6 Å². The molecule has 8 heteroatoms. The summed E-state index contributed by atoms with van der Waals surface area (Å²) in [7, 11) is -3.85. The number of nitrogens with one attached hydrogen (secondary N) is 1. The summed E-state index contributed by atoms with van der Waals surface area (Å²) in [6, 6.07) is 7.45. The number of rotatable bonds is 3. The number of sulfonamides is 1. The molecule has 1 aromatic heterocycles. The van der Waals surface area contributed by atoms with E-state index < -0.39 is 15.9 Å². The van der Waals surface area contributed by atoms with E-state index in [1.165, 1.54) is 24.4 Å². The lowest BCUT2D eigenvalue weighted by molar-refractivity contribution is 0.102. The van der Waals surface area contributed by atoms with Gasteiger partial charge in [0, 0.05) is 11.9 Å². The fourth-order valence-electron chi connectivity index (χ4n) is 1.69. The van der Waals surface area contributed by atoms with Crippen molar-refractivity contribution in [3.05, 3.63) is 52.8 Å². The van der Waals surface area contributed by atoms with Gasteiger partial charge in [-0.3, -0.25) is 4.79 Å². The lowest BCUT2D eigenvalue weighted by atomic mass is 10.2. The van der Waals surface area contributed by atoms with E-state index in [1.54, 1.807) is 19.1 Å². The largest absolute Gasteiger partial charge is 0.321 e. The number of anilines is 1. The number of carbonyl (C=O) groups excluding carboxylic acids is 1. The van der Waals surface area contributed by atoms with Gasteiger partial charge in [-0.05, 0) is 36.8 Å². The Bertz CT molecular complexity index is 789. The molecule has 6 nitrogen and oxygen atoms in total. The average Bonchev–Trinajstić information content (AvgIpc) is 2.40. The van der Waals surface area contributed by atoms with Gasteiger partial charge in [-0.1, -0.05) is 17.7 Å². The number of nitrogens with two attached hydrogens (primary N) is 1. The molecule has 21 heavy (non-hydrogen) atoms. The molecular weight excluding hydrogens is 314 g/mol. The van der Waals surface area contributed by atoms with Gasteiger partial charge in [0.1, 0.15) is 5.69 Å². The zero-order valence-electron chi connectivity index (χ0n) is 11.0. The summed E-state index contributed by atoms with van der Waals surface area (Å²) in [5, 5.41) is 8.09. The molecule has 0 spiro atoms. The van der Waals surface area contributed by atoms with Crippen LogP contribution in [0.1, 0.15) is 16.1 Å². The Morgan fingerprint density at radius 1 is 1.29 bits per heavy atom. The molecule has 0 bridgehead atoms. The molecule has 2 rings (SSSR count). The van der Waals surface area contributed by atoms with Crippen molar-refractivity contribution in [2.75, 3.05) is 5.32 Å². The van der Waals surface area contributed by atoms with E-state index in [-0.39, 0.29) is 10.6 Å². The number of carbonyl (C=O) groups is 1. The first kappa shape index (κ1) is 15.4. The summed E-state index contributed by atoms with van der Waals surface area (Å²) in [5.41, 5.74) is 0.976. The summed E-state index contributed by atoms with van der Waals surface area (Å²) in [6.07, 6.45) is 1.35. The van der Waals surface area contributed by atoms with Crippen LogP contribution in [0.4, 0.5) is 5.69 Å². The van der Waals surface area contributed by atoms with Crippen molar-refractivity contribution in [1.29, 1.82) is 0 Å². The van der Waals surface area contributed by atoms with Crippen LogP contribution < -0.4 is 10.5 Å². The molecule has 3 N–H and O–H groups in total. The van der Waals surface area contributed by atoms with Crippen LogP contribution in [0.25, 0.3) is 0 Å². The Kier molecular flexibility index (Phi) is 4.26. The van der Waals surface area contributed by atoms with E-state index in [2.05, 4.69) is 10.3 Å². The molecule has 0 saturated carbocycles. The summed E-state index contributed by atoms with van der Waals surface area (Å²) >= 11 is 5.69. The average molecular weight is 326 g/mol. The van der Waals surface area contributed by atoms with Crippen molar-refractivity contribution >= 4 is 33.2 Å². The Balaban J connectivity index is 2.28. The fourth-order valence-corrected chi connectivity index (χ4v) is 2.61. The first-order chi connectivity index (χ1) is 9.77. The third-order valence-corrected chi connectivity index (χ3v) is 3.99. The van der Waals surface area contributed by atoms with Crippen LogP contribution in [0, 0.1) is 6.92 Å². The molecule has 2 aromatic rings. The molecular formula is C13H12ClN3O3S. The van der Waals surface area contributed by atoms with E-state index in [4.69, 9.17) is 16.7 Å². The lowest BCUT2D eigenvalue weighted by Gasteiger charge is -2.08. The molecule has 1 amide bonds. The second-order valence-electron chi connectivity index (χ2n) is 4.34. The molecule has 0 unspecified atom stereocenters. The predicted molar refractivity (Wildman–Crippen MR) is 79.8 cm³/mol. The fraction of sp³-hybridized carbons (Fsp3) is 0.0769. The first-order valence-electron chi connectivity index (χ1n) is 5.84. The van der Waals surface area contributed by atoms with E-state index in [0.29, 0.717) is 16.3 Å². The van der Waals surface area contributed by atoms with Crippen molar-refractivity contribution in [3.63, 3.8) is 0 Å². The molecule has 0 aliphatic rings. The van der Waals surface area contributed by atoms with E-state index >= 15 is 0 Å². The Labute approximate surface area is 127 Å². The number of pyridine rings is 1. The van der Waals surface area contributed by atoms with Gasteiger partial charge in [0.15, 0.2) is 0 Å². The number of benzene rings is 1. The molecule has 0 aliphatic carbocycles. The highest BCUT2D eigenvalue weighted by atomic mass is 35.5. The second-order valence-corrected chi connectivity index (χ2v) is 6.31. The van der Waals surface area contributed by atoms with E-state index in [1.807, 2.05) is 0 Å². The molecule has 110 valence electrons. The number of aryl methyl sites for hydroxylation is 1. The molecule has 0 saturated heterocycles. The number of primary sulfonamides is 1. The van der Waals surface area contributed by atoms with Gasteiger partial charge < -0.3 is 5.32 Å². The SMILES string of the molecule is Cc1ccc(NC(=O)c2ccc(Cl)cn2)cc1S(N)(=O)=O. The van der Waals surface area contributed by atoms with Gasteiger partial charge in [-0.25, -0.2) is 18.5 Å². The van der Waals surface area contributed by atoms with Crippen LogP contribution in [-0.4, -0.2) is 19.3 Å². The van der Waals surface area contributed by atoms with Gasteiger partial charge >= 0.3 is 0 Å². The van der Waals surface area contributed by atoms with Crippen molar-refractivity contribution in [2.24, 2.45) is 5.14 Å². The number of nitrogens with zero attached hydrogens (tertiary/aromatic N) is 1. The van der Waals surface area contributed by atoms with Crippen LogP contribution in [0.15, 0.2) is 41.4 Å². The smallest absolute Gasteiger partial charge is 0.274 e. The minimum Gasteiger partial charge on any atom is -0.321 e. The van der Waals surface area contributed by atoms with Gasteiger partial charge in [0.05, 0.1) is 9.92 Å². The van der Waals surface area contributed by atoms with E-state index in [9.17, 15) is 13.2 Å². The minimum atomic E-state index is -3.85. The van der Waals surface area contributed by atoms with Gasteiger partial charge in [0.2, 0.25) is 10.0 Å². The van der Waals surface area contributed by atoms with E-state index in [0.717, 1.165) is 0 Å². The van der Waals surface area contributed by atoms with Crippen molar-refractivity contribution in [2.45, 2.75) is 11.8 Å². The summed E-state index contributed by atoms with van der Waals surface area (Å²) in [5.74, 6) is -0.476. The summed E-state index contributed by atoms with van der Waals surface area (Å²) in [4.78, 5) is 15.8. The van der Waals surface area contributed by atoms with Gasteiger partial charge in [-0.2, -0.15) is 0 Å². The number of hydrogen-bond acceptors (Lipinski definition) is 4. The van der Waals surface area contributed by atoms with Crippen LogP contribution in [0.3, 0.4) is 0 Å². The predicted octanol–water partition coefficient (Wildman–Crippen LogP) is 1.94. The normalized spacial score (nSPS) is 11.2. The Morgan fingerprint density at radius 2 is 2.00 bits per heavy atom. The zero-order chi connectivity index (χ0) is 15.6. The van der Waals surface area contributed by atoms with Crippen LogP contribution in [0.5, 0.6) is 0 Å². The zero-order valence-corrected chi connectivity index (χ0v) is 12.6. The third kappa shape index (κ3) is 3.78. The maximum atomic E-state index is 12.0. The molecule has 0 fully saturated rings. The highest BCUT2D eigenvalue weighted by molar-refractivity contribution is 7.89. The third-order valence-electron chi connectivity index (χ3n) is 2.71. The second kappa shape index (κ2) is 5.80. The topological polar surface area (TPSA) is 102 Å². The standard InChI is InChI=1S/C13H12ClN3O3S/c1-8-2-4-10(6-12(8)21(15,19)20)17-13(18)11-5-3-9(14)7-16-11/h2-7H,1H3,(H,17,18)(H2,15,19,20). The molecule has 1 aromatic carbocycles. The Hall–Kier alpha value is -1.96. The number of halogens is 1. The molecule has 0 radical (unpaired) electrons.